The van der Waals surface area contributed by atoms with E-state index in [-0.39, 0.29) is 5.82 Å². The van der Waals surface area contributed by atoms with Crippen LogP contribution >= 0.6 is 22.9 Å². The van der Waals surface area contributed by atoms with Crippen molar-refractivity contribution in [2.24, 2.45) is 0 Å². The van der Waals surface area contributed by atoms with E-state index < -0.39 is 5.60 Å². The summed E-state index contributed by atoms with van der Waals surface area (Å²) in [5, 5.41) is 10.4. The minimum Gasteiger partial charge on any atom is -0.380 e. The summed E-state index contributed by atoms with van der Waals surface area (Å²) in [7, 11) is 0. The van der Waals surface area contributed by atoms with Crippen LogP contribution in [-0.2, 0) is 5.60 Å². The molecule has 1 aromatic carbocycles. The minimum absolute atomic E-state index is 0.316. The molecule has 1 nitrogen and oxygen atoms in total. The number of aliphatic hydroxyl groups is 1. The van der Waals surface area contributed by atoms with E-state index in [1.807, 2.05) is 0 Å². The van der Waals surface area contributed by atoms with Gasteiger partial charge in [0.2, 0.25) is 0 Å². The highest BCUT2D eigenvalue weighted by atomic mass is 35.5. The van der Waals surface area contributed by atoms with Crippen LogP contribution in [0.3, 0.4) is 0 Å². The fourth-order valence-corrected chi connectivity index (χ4v) is 2.60. The normalized spacial score (nSPS) is 14.8. The highest BCUT2D eigenvalue weighted by Crippen LogP contribution is 2.35. The third-order valence-electron chi connectivity index (χ3n) is 2.46. The van der Waals surface area contributed by atoms with Crippen molar-refractivity contribution < 1.29 is 9.50 Å². The van der Waals surface area contributed by atoms with Crippen molar-refractivity contribution in [3.05, 3.63) is 57.0 Å². The minimum atomic E-state index is -1.13. The summed E-state index contributed by atoms with van der Waals surface area (Å²) >= 11 is 7.14. The van der Waals surface area contributed by atoms with Gasteiger partial charge in [0.15, 0.2) is 0 Å². The molecule has 0 bridgehead atoms. The Morgan fingerprint density at radius 3 is 2.31 bits per heavy atom. The van der Waals surface area contributed by atoms with Crippen molar-refractivity contribution in [1.82, 2.24) is 0 Å². The van der Waals surface area contributed by atoms with Gasteiger partial charge in [-0.3, -0.25) is 0 Å². The molecule has 0 aliphatic carbocycles. The third kappa shape index (κ3) is 2.12. The second kappa shape index (κ2) is 4.17. The van der Waals surface area contributed by atoms with Crippen LogP contribution in [-0.4, -0.2) is 5.11 Å². The van der Waals surface area contributed by atoms with Gasteiger partial charge in [-0.25, -0.2) is 4.39 Å². The van der Waals surface area contributed by atoms with E-state index in [0.717, 1.165) is 4.88 Å². The Morgan fingerprint density at radius 1 is 1.19 bits per heavy atom. The van der Waals surface area contributed by atoms with Gasteiger partial charge in [0.05, 0.1) is 4.34 Å². The van der Waals surface area contributed by atoms with Crippen molar-refractivity contribution in [3.63, 3.8) is 0 Å². The maximum atomic E-state index is 12.8. The first-order valence-electron chi connectivity index (χ1n) is 4.74. The molecule has 1 atom stereocenters. The lowest BCUT2D eigenvalue weighted by atomic mass is 9.94. The molecular formula is C12H10ClFOS. The lowest BCUT2D eigenvalue weighted by molar-refractivity contribution is 0.106. The fourth-order valence-electron chi connectivity index (χ4n) is 1.49. The maximum Gasteiger partial charge on any atom is 0.123 e. The number of benzene rings is 1. The summed E-state index contributed by atoms with van der Waals surface area (Å²) in [4.78, 5) is 0.740. The van der Waals surface area contributed by atoms with E-state index in [4.69, 9.17) is 11.6 Å². The maximum absolute atomic E-state index is 12.8. The molecule has 1 heterocycles. The van der Waals surface area contributed by atoms with E-state index in [2.05, 4.69) is 0 Å². The molecule has 0 radical (unpaired) electrons. The van der Waals surface area contributed by atoms with Crippen molar-refractivity contribution in [1.29, 1.82) is 0 Å². The largest absolute Gasteiger partial charge is 0.380 e. The summed E-state index contributed by atoms with van der Waals surface area (Å²) in [5.41, 5.74) is -0.488. The lowest BCUT2D eigenvalue weighted by Gasteiger charge is -2.22. The zero-order valence-electron chi connectivity index (χ0n) is 8.58. The van der Waals surface area contributed by atoms with E-state index >= 15 is 0 Å². The Labute approximate surface area is 102 Å². The quantitative estimate of drug-likeness (QED) is 0.867. The van der Waals surface area contributed by atoms with Gasteiger partial charge < -0.3 is 5.11 Å². The van der Waals surface area contributed by atoms with Gasteiger partial charge in [-0.05, 0) is 36.8 Å². The third-order valence-corrected chi connectivity index (χ3v) is 3.90. The summed E-state index contributed by atoms with van der Waals surface area (Å²) in [5.74, 6) is -0.316. The van der Waals surface area contributed by atoms with Gasteiger partial charge in [-0.1, -0.05) is 23.7 Å². The van der Waals surface area contributed by atoms with E-state index in [1.165, 1.54) is 23.5 Å². The van der Waals surface area contributed by atoms with Crippen LogP contribution in [0, 0.1) is 5.82 Å². The van der Waals surface area contributed by atoms with Gasteiger partial charge in [0.25, 0.3) is 0 Å². The van der Waals surface area contributed by atoms with Crippen molar-refractivity contribution in [3.8, 4) is 0 Å². The van der Waals surface area contributed by atoms with Crippen LogP contribution in [0.1, 0.15) is 17.4 Å². The first kappa shape index (κ1) is 11.6. The SMILES string of the molecule is CC(O)(c1ccc(F)cc1)c1ccc(Cl)s1. The Morgan fingerprint density at radius 2 is 1.81 bits per heavy atom. The Bertz CT molecular complexity index is 490. The number of rotatable bonds is 2. The van der Waals surface area contributed by atoms with E-state index in [9.17, 15) is 9.50 Å². The van der Waals surface area contributed by atoms with Gasteiger partial charge in [0, 0.05) is 4.88 Å². The van der Waals surface area contributed by atoms with Crippen molar-refractivity contribution in [2.75, 3.05) is 0 Å². The Balaban J connectivity index is 2.42. The molecule has 84 valence electrons. The average Bonchev–Trinajstić information content (AvgIpc) is 2.66. The van der Waals surface area contributed by atoms with E-state index in [0.29, 0.717) is 9.90 Å². The van der Waals surface area contributed by atoms with Crippen LogP contribution in [0.5, 0.6) is 0 Å². The molecule has 0 saturated heterocycles. The molecule has 0 amide bonds. The molecule has 0 fully saturated rings. The highest BCUT2D eigenvalue weighted by molar-refractivity contribution is 7.16. The summed E-state index contributed by atoms with van der Waals surface area (Å²) in [6, 6.07) is 9.32. The Hall–Kier alpha value is -0.900. The number of thiophene rings is 1. The van der Waals surface area contributed by atoms with E-state index in [1.54, 1.807) is 31.2 Å². The smallest absolute Gasteiger partial charge is 0.123 e. The van der Waals surface area contributed by atoms with Crippen LogP contribution in [0.25, 0.3) is 0 Å². The number of hydrogen-bond donors (Lipinski definition) is 1. The summed E-state index contributed by atoms with van der Waals surface area (Å²) in [6.07, 6.45) is 0. The van der Waals surface area contributed by atoms with Gasteiger partial charge in [0.1, 0.15) is 11.4 Å². The monoisotopic (exact) mass is 256 g/mol. The van der Waals surface area contributed by atoms with Gasteiger partial charge >= 0.3 is 0 Å². The Kier molecular flexibility index (Phi) is 3.02. The summed E-state index contributed by atoms with van der Waals surface area (Å²) in [6.45, 7) is 1.67. The zero-order valence-corrected chi connectivity index (χ0v) is 10.1. The highest BCUT2D eigenvalue weighted by Gasteiger charge is 2.27. The topological polar surface area (TPSA) is 20.2 Å². The van der Waals surface area contributed by atoms with Crippen molar-refractivity contribution in [2.45, 2.75) is 12.5 Å². The molecule has 2 aromatic rings. The molecule has 0 spiro atoms. The second-order valence-corrected chi connectivity index (χ2v) is 5.40. The first-order chi connectivity index (χ1) is 7.50. The number of halogens is 2. The molecule has 0 aliphatic heterocycles. The second-order valence-electron chi connectivity index (χ2n) is 3.68. The molecular weight excluding hydrogens is 247 g/mol. The zero-order chi connectivity index (χ0) is 11.8. The standard InChI is InChI=1S/C12H10ClFOS/c1-12(15,10-6-7-11(13)16-10)8-2-4-9(14)5-3-8/h2-7,15H,1H3. The lowest BCUT2D eigenvalue weighted by Crippen LogP contribution is -2.21. The van der Waals surface area contributed by atoms with Crippen molar-refractivity contribution >= 4 is 22.9 Å². The summed E-state index contributed by atoms with van der Waals surface area (Å²) < 4.78 is 13.4. The molecule has 2 rings (SSSR count). The molecule has 0 saturated carbocycles. The van der Waals surface area contributed by atoms with Gasteiger partial charge in [-0.2, -0.15) is 0 Å². The predicted molar refractivity (Wildman–Crippen MR) is 64.4 cm³/mol. The van der Waals surface area contributed by atoms with Crippen LogP contribution in [0.2, 0.25) is 4.34 Å². The molecule has 1 unspecified atom stereocenters. The number of hydrogen-bond acceptors (Lipinski definition) is 2. The first-order valence-corrected chi connectivity index (χ1v) is 5.94. The molecule has 0 aliphatic rings. The van der Waals surface area contributed by atoms with Crippen LogP contribution in [0.4, 0.5) is 4.39 Å². The van der Waals surface area contributed by atoms with Crippen LogP contribution in [0.15, 0.2) is 36.4 Å². The predicted octanol–water partition coefficient (Wildman–Crippen LogP) is 3.80. The van der Waals surface area contributed by atoms with Gasteiger partial charge in [-0.15, -0.1) is 11.3 Å². The molecule has 1 aromatic heterocycles. The molecule has 4 heteroatoms. The molecule has 16 heavy (non-hydrogen) atoms. The fraction of sp³-hybridized carbons (Fsp3) is 0.167. The molecule has 1 N–H and O–H groups in total. The average molecular weight is 257 g/mol. The van der Waals surface area contributed by atoms with Crippen LogP contribution < -0.4 is 0 Å².